The van der Waals surface area contributed by atoms with E-state index in [1.54, 1.807) is 14.0 Å². The minimum absolute atomic E-state index is 0.296. The Balaban J connectivity index is 1.64. The third kappa shape index (κ3) is 3.57. The van der Waals surface area contributed by atoms with Crippen LogP contribution in [0.25, 0.3) is 10.6 Å². The highest BCUT2D eigenvalue weighted by molar-refractivity contribution is 7.18. The Morgan fingerprint density at radius 2 is 1.96 bits per heavy atom. The van der Waals surface area contributed by atoms with Crippen LogP contribution in [0, 0.1) is 13.8 Å². The van der Waals surface area contributed by atoms with E-state index < -0.39 is 0 Å². The number of anilines is 1. The Kier molecular flexibility index (Phi) is 4.52. The van der Waals surface area contributed by atoms with Gasteiger partial charge < -0.3 is 4.90 Å². The highest BCUT2D eigenvalue weighted by atomic mass is 32.1. The smallest absolute Gasteiger partial charge is 0.321 e. The van der Waals surface area contributed by atoms with Crippen LogP contribution in [0.4, 0.5) is 9.93 Å². The van der Waals surface area contributed by atoms with Crippen LogP contribution in [0.2, 0.25) is 0 Å². The predicted octanol–water partition coefficient (Wildman–Crippen LogP) is 2.87. The summed E-state index contributed by atoms with van der Waals surface area (Å²) >= 11 is 1.32. The second-order valence-corrected chi connectivity index (χ2v) is 6.34. The molecule has 1 aromatic carbocycles. The Labute approximate surface area is 142 Å². The maximum absolute atomic E-state index is 12.2. The Bertz CT molecular complexity index is 842. The van der Waals surface area contributed by atoms with Crippen molar-refractivity contribution in [3.05, 3.63) is 41.2 Å². The third-order valence-corrected chi connectivity index (χ3v) is 4.31. The van der Waals surface area contributed by atoms with Crippen molar-refractivity contribution < 1.29 is 9.42 Å². The first-order valence-electron chi connectivity index (χ1n) is 7.23. The second-order valence-electron chi connectivity index (χ2n) is 5.36. The molecular formula is C15H16N6O2S. The molecule has 9 heteroatoms. The maximum Gasteiger partial charge on any atom is 0.323 e. The summed E-state index contributed by atoms with van der Waals surface area (Å²) in [5.74, 6) is 0. The fourth-order valence-electron chi connectivity index (χ4n) is 1.96. The van der Waals surface area contributed by atoms with E-state index in [1.807, 2.05) is 31.2 Å². The number of hydrogen-bond donors (Lipinski definition) is 1. The van der Waals surface area contributed by atoms with E-state index in [0.717, 1.165) is 10.6 Å². The molecule has 0 saturated heterocycles. The van der Waals surface area contributed by atoms with E-state index in [9.17, 15) is 4.79 Å². The van der Waals surface area contributed by atoms with Crippen molar-refractivity contribution in [2.45, 2.75) is 20.4 Å². The lowest BCUT2D eigenvalue weighted by molar-refractivity contribution is 0.218. The van der Waals surface area contributed by atoms with E-state index in [4.69, 9.17) is 0 Å². The molecule has 0 aliphatic carbocycles. The predicted molar refractivity (Wildman–Crippen MR) is 89.6 cm³/mol. The largest absolute Gasteiger partial charge is 0.323 e. The summed E-state index contributed by atoms with van der Waals surface area (Å²) in [6.07, 6.45) is 0. The number of hydrogen-bond acceptors (Lipinski definition) is 7. The average Bonchev–Trinajstić information content (AvgIpc) is 3.18. The van der Waals surface area contributed by atoms with E-state index in [1.165, 1.54) is 21.8 Å². The third-order valence-electron chi connectivity index (χ3n) is 3.42. The zero-order valence-electron chi connectivity index (χ0n) is 13.5. The molecule has 0 radical (unpaired) electrons. The number of rotatable bonds is 4. The van der Waals surface area contributed by atoms with Crippen LogP contribution < -0.4 is 5.32 Å². The minimum Gasteiger partial charge on any atom is -0.321 e. The van der Waals surface area contributed by atoms with Gasteiger partial charge in [0.05, 0.1) is 6.54 Å². The molecule has 0 aliphatic heterocycles. The zero-order valence-corrected chi connectivity index (χ0v) is 14.3. The molecule has 2 amide bonds. The molecule has 0 unspecified atom stereocenters. The van der Waals surface area contributed by atoms with Gasteiger partial charge in [0.15, 0.2) is 0 Å². The van der Waals surface area contributed by atoms with Crippen molar-refractivity contribution in [1.29, 1.82) is 0 Å². The van der Waals surface area contributed by atoms with Gasteiger partial charge in [-0.15, -0.1) is 10.2 Å². The van der Waals surface area contributed by atoms with Crippen LogP contribution in [-0.2, 0) is 6.54 Å². The van der Waals surface area contributed by atoms with Crippen LogP contribution in [0.15, 0.2) is 28.9 Å². The van der Waals surface area contributed by atoms with Gasteiger partial charge in [0.1, 0.15) is 16.4 Å². The van der Waals surface area contributed by atoms with Crippen LogP contribution in [-0.4, -0.2) is 38.5 Å². The lowest BCUT2D eigenvalue weighted by Gasteiger charge is -2.15. The summed E-state index contributed by atoms with van der Waals surface area (Å²) < 4.78 is 4.63. The second kappa shape index (κ2) is 6.75. The number of aromatic nitrogens is 4. The molecule has 124 valence electrons. The fourth-order valence-corrected chi connectivity index (χ4v) is 2.70. The number of amides is 2. The highest BCUT2D eigenvalue weighted by Gasteiger charge is 2.16. The van der Waals surface area contributed by atoms with E-state index >= 15 is 0 Å². The van der Waals surface area contributed by atoms with Gasteiger partial charge in [-0.25, -0.2) is 9.42 Å². The lowest BCUT2D eigenvalue weighted by atomic mass is 10.2. The molecule has 0 bridgehead atoms. The van der Waals surface area contributed by atoms with Crippen molar-refractivity contribution in [3.8, 4) is 10.6 Å². The fraction of sp³-hybridized carbons (Fsp3) is 0.267. The Hall–Kier alpha value is -2.81. The van der Waals surface area contributed by atoms with Crippen molar-refractivity contribution in [2.24, 2.45) is 0 Å². The van der Waals surface area contributed by atoms with Crippen molar-refractivity contribution in [3.63, 3.8) is 0 Å². The first-order chi connectivity index (χ1) is 11.5. The molecule has 0 atom stereocenters. The average molecular weight is 344 g/mol. The molecule has 0 spiro atoms. The molecule has 0 aliphatic rings. The minimum atomic E-state index is -0.302. The number of carbonyl (C=O) groups is 1. The highest BCUT2D eigenvalue weighted by Crippen LogP contribution is 2.26. The monoisotopic (exact) mass is 344 g/mol. The van der Waals surface area contributed by atoms with Gasteiger partial charge in [-0.1, -0.05) is 51.5 Å². The van der Waals surface area contributed by atoms with Gasteiger partial charge >= 0.3 is 6.03 Å². The Morgan fingerprint density at radius 3 is 2.62 bits per heavy atom. The first kappa shape index (κ1) is 16.1. The molecule has 3 rings (SSSR count). The van der Waals surface area contributed by atoms with Gasteiger partial charge in [0.25, 0.3) is 0 Å². The Morgan fingerprint density at radius 1 is 1.21 bits per heavy atom. The maximum atomic E-state index is 12.2. The molecule has 3 aromatic rings. The first-order valence-corrected chi connectivity index (χ1v) is 8.05. The van der Waals surface area contributed by atoms with Crippen LogP contribution in [0.1, 0.15) is 17.0 Å². The normalized spacial score (nSPS) is 10.6. The molecule has 24 heavy (non-hydrogen) atoms. The summed E-state index contributed by atoms with van der Waals surface area (Å²) in [6, 6.07) is 7.68. The number of nitrogens with one attached hydrogen (secondary N) is 1. The molecule has 0 fully saturated rings. The number of nitrogens with zero attached hydrogens (tertiary/aromatic N) is 5. The van der Waals surface area contributed by atoms with E-state index in [2.05, 4.69) is 30.5 Å². The number of carbonyl (C=O) groups excluding carboxylic acids is 1. The number of benzene rings is 1. The zero-order chi connectivity index (χ0) is 17.1. The molecule has 8 nitrogen and oxygen atoms in total. The summed E-state index contributed by atoms with van der Waals surface area (Å²) in [6.45, 7) is 4.10. The summed E-state index contributed by atoms with van der Waals surface area (Å²) in [7, 11) is 1.66. The topological polar surface area (TPSA) is 97.0 Å². The SMILES string of the molecule is Cc1ccc(-c2nnc(NC(=O)N(C)Cc3nonc3C)s2)cc1. The molecule has 2 heterocycles. The van der Waals surface area contributed by atoms with Crippen LogP contribution in [0.5, 0.6) is 0 Å². The van der Waals surface area contributed by atoms with Gasteiger partial charge in [0.2, 0.25) is 5.13 Å². The van der Waals surface area contributed by atoms with E-state index in [-0.39, 0.29) is 6.03 Å². The standard InChI is InChI=1S/C15H16N6O2S/c1-9-4-6-11(7-5-9)13-17-18-14(24-13)16-15(22)21(3)8-12-10(2)19-23-20-12/h4-7H,8H2,1-3H3,(H,16,18,22). The summed E-state index contributed by atoms with van der Waals surface area (Å²) in [5, 5.41) is 19.5. The molecule has 2 aromatic heterocycles. The van der Waals surface area contributed by atoms with Crippen LogP contribution >= 0.6 is 11.3 Å². The van der Waals surface area contributed by atoms with Gasteiger partial charge in [-0.2, -0.15) is 0 Å². The molecular weight excluding hydrogens is 328 g/mol. The van der Waals surface area contributed by atoms with Crippen molar-refractivity contribution >= 4 is 22.5 Å². The van der Waals surface area contributed by atoms with E-state index in [0.29, 0.717) is 23.1 Å². The number of urea groups is 1. The summed E-state index contributed by atoms with van der Waals surface area (Å²) in [5.41, 5.74) is 3.42. The quantitative estimate of drug-likeness (QED) is 0.781. The number of aryl methyl sites for hydroxylation is 2. The van der Waals surface area contributed by atoms with Gasteiger partial charge in [-0.3, -0.25) is 5.32 Å². The van der Waals surface area contributed by atoms with Crippen molar-refractivity contribution in [2.75, 3.05) is 12.4 Å². The van der Waals surface area contributed by atoms with Gasteiger partial charge in [-0.05, 0) is 13.8 Å². The molecule has 1 N–H and O–H groups in total. The van der Waals surface area contributed by atoms with Crippen molar-refractivity contribution in [1.82, 2.24) is 25.4 Å². The van der Waals surface area contributed by atoms with Crippen LogP contribution in [0.3, 0.4) is 0 Å². The lowest BCUT2D eigenvalue weighted by Crippen LogP contribution is -2.31. The van der Waals surface area contributed by atoms with Gasteiger partial charge in [0, 0.05) is 12.6 Å². The summed E-state index contributed by atoms with van der Waals surface area (Å²) in [4.78, 5) is 13.7. The molecule has 0 saturated carbocycles.